The van der Waals surface area contributed by atoms with Gasteiger partial charge in [-0.15, -0.1) is 0 Å². The predicted octanol–water partition coefficient (Wildman–Crippen LogP) is 5.36. The fraction of sp³-hybridized carbons (Fsp3) is 0.590. The molecular weight excluding hydrogens is 760 g/mol. The van der Waals surface area contributed by atoms with Gasteiger partial charge in [0.15, 0.2) is 0 Å². The average molecular weight is 811 g/mol. The van der Waals surface area contributed by atoms with Crippen molar-refractivity contribution in [3.63, 3.8) is 0 Å². The number of alkyl carbamates (subject to hydrolysis) is 2. The number of cyclic esters (lactones) is 2. The van der Waals surface area contributed by atoms with Gasteiger partial charge in [-0.2, -0.15) is 0 Å². The third kappa shape index (κ3) is 11.6. The summed E-state index contributed by atoms with van der Waals surface area (Å²) in [6, 6.07) is 4.05. The van der Waals surface area contributed by atoms with Gasteiger partial charge >= 0.3 is 24.4 Å². The van der Waals surface area contributed by atoms with E-state index in [0.29, 0.717) is 24.1 Å². The molecule has 14 nitrogen and oxygen atoms in total. The molecule has 4 aliphatic heterocycles. The summed E-state index contributed by atoms with van der Waals surface area (Å²) in [4.78, 5) is 51.9. The van der Waals surface area contributed by atoms with E-state index >= 15 is 0 Å². The summed E-state index contributed by atoms with van der Waals surface area (Å²) in [6.07, 6.45) is -4.07. The lowest BCUT2D eigenvalue weighted by atomic mass is 9.95. The first-order valence-electron chi connectivity index (χ1n) is 18.6. The molecule has 57 heavy (non-hydrogen) atoms. The summed E-state index contributed by atoms with van der Waals surface area (Å²) in [5, 5.41) is 15.4. The first-order valence-corrected chi connectivity index (χ1v) is 18.6. The van der Waals surface area contributed by atoms with E-state index in [2.05, 4.69) is 10.6 Å². The third-order valence-corrected chi connectivity index (χ3v) is 9.62. The van der Waals surface area contributed by atoms with Gasteiger partial charge in [0.25, 0.3) is 0 Å². The van der Waals surface area contributed by atoms with Gasteiger partial charge in [-0.1, -0.05) is 0 Å². The van der Waals surface area contributed by atoms with E-state index in [9.17, 15) is 41.8 Å². The largest absolute Gasteiger partial charge is 0.444 e. The van der Waals surface area contributed by atoms with E-state index in [1.54, 1.807) is 48.7 Å². The molecule has 0 saturated carbocycles. The minimum atomic E-state index is -0.788. The smallest absolute Gasteiger partial charge is 0.410 e. The SMILES string of the molecule is CC(C)(C)OC(=O)N1C[C@H](O)C[C@@H]1[C@H]1OC(=O)N[C@H]1Cc1cc(F)cc(F)c1.CO[C@@H]1C[C@H]([C@H]2OC(=O)N[C@H]2Cc2cc(F)cc(F)c2)N(C(=O)OC(C)(C)C)C1. The lowest BCUT2D eigenvalue weighted by molar-refractivity contribution is 0.00415. The second kappa shape index (κ2) is 17.3. The minimum absolute atomic E-state index is 0.0505. The zero-order chi connectivity index (χ0) is 42.0. The van der Waals surface area contributed by atoms with Crippen molar-refractivity contribution in [1.82, 2.24) is 20.4 Å². The molecule has 4 heterocycles. The van der Waals surface area contributed by atoms with Gasteiger partial charge < -0.3 is 39.4 Å². The standard InChI is InChI=1S/C20H26F2N2O5.C19H24F2N2O5/c1-20(2,3)29-19(26)24-10-14(27-4)9-16(24)17-15(23-18(25)28-17)7-11-5-12(21)8-13(22)6-11;1-19(2,3)28-18(26)23-9-13(24)8-15(23)16-14(22-17(25)27-16)6-10-4-11(20)7-12(21)5-10/h5-6,8,14-17H,7,9-10H2,1-4H3,(H,23,25);4-5,7,13-16,24H,6,8-9H2,1-3H3,(H,22,25)/t14-,15+,16-,17+;13-,14+,15-,16+/m11/s1. The molecule has 0 unspecified atom stereocenters. The molecule has 4 aliphatic rings. The number of hydrogen-bond acceptors (Lipinski definition) is 10. The molecular formula is C39H50F4N4O10. The molecule has 0 spiro atoms. The molecule has 3 N–H and O–H groups in total. The van der Waals surface area contributed by atoms with Crippen LogP contribution in [0.3, 0.4) is 0 Å². The Morgan fingerprint density at radius 2 is 1.09 bits per heavy atom. The topological polar surface area (TPSA) is 165 Å². The molecule has 8 atom stereocenters. The van der Waals surface area contributed by atoms with Crippen molar-refractivity contribution in [1.29, 1.82) is 0 Å². The summed E-state index contributed by atoms with van der Waals surface area (Å²) in [5.41, 5.74) is -0.678. The molecule has 4 amide bonds. The van der Waals surface area contributed by atoms with Crippen molar-refractivity contribution < 1.29 is 65.5 Å². The highest BCUT2D eigenvalue weighted by Crippen LogP contribution is 2.32. The Morgan fingerprint density at radius 1 is 0.702 bits per heavy atom. The zero-order valence-corrected chi connectivity index (χ0v) is 32.9. The monoisotopic (exact) mass is 810 g/mol. The lowest BCUT2D eigenvalue weighted by Crippen LogP contribution is -2.50. The van der Waals surface area contributed by atoms with Crippen LogP contribution in [0.2, 0.25) is 0 Å². The average Bonchev–Trinajstić information content (AvgIpc) is 3.83. The highest BCUT2D eigenvalue weighted by molar-refractivity contribution is 5.73. The van der Waals surface area contributed by atoms with Crippen LogP contribution in [0.15, 0.2) is 36.4 Å². The van der Waals surface area contributed by atoms with Crippen molar-refractivity contribution in [2.45, 2.75) is 127 Å². The molecule has 18 heteroatoms. The molecule has 0 aliphatic carbocycles. The van der Waals surface area contributed by atoms with E-state index in [1.165, 1.54) is 34.1 Å². The van der Waals surface area contributed by atoms with Crippen molar-refractivity contribution in [3.8, 4) is 0 Å². The Morgan fingerprint density at radius 3 is 1.47 bits per heavy atom. The number of benzene rings is 2. The van der Waals surface area contributed by atoms with Gasteiger partial charge in [0, 0.05) is 19.2 Å². The Hall–Kier alpha value is -4.84. The van der Waals surface area contributed by atoms with Crippen LogP contribution in [0.4, 0.5) is 36.7 Å². The van der Waals surface area contributed by atoms with Gasteiger partial charge in [0.1, 0.15) is 46.7 Å². The van der Waals surface area contributed by atoms with Crippen molar-refractivity contribution in [2.75, 3.05) is 20.2 Å². The second-order valence-corrected chi connectivity index (χ2v) is 16.6. The number of methoxy groups -OCH3 is 1. The van der Waals surface area contributed by atoms with E-state index in [0.717, 1.165) is 12.1 Å². The van der Waals surface area contributed by atoms with Crippen LogP contribution in [-0.2, 0) is 36.5 Å². The van der Waals surface area contributed by atoms with Crippen LogP contribution in [0.5, 0.6) is 0 Å². The fourth-order valence-electron chi connectivity index (χ4n) is 7.46. The molecule has 4 fully saturated rings. The Labute approximate surface area is 328 Å². The summed E-state index contributed by atoms with van der Waals surface area (Å²) in [7, 11) is 1.55. The first kappa shape index (κ1) is 43.3. The number of carbonyl (C=O) groups is 4. The maximum Gasteiger partial charge on any atom is 0.410 e. The summed E-state index contributed by atoms with van der Waals surface area (Å²) in [5.74, 6) is -2.83. The Kier molecular flexibility index (Phi) is 13.2. The number of aliphatic hydroxyl groups excluding tert-OH is 1. The van der Waals surface area contributed by atoms with Crippen LogP contribution < -0.4 is 10.6 Å². The number of hydrogen-bond donors (Lipinski definition) is 3. The van der Waals surface area contributed by atoms with Gasteiger partial charge in [0.05, 0.1) is 49.5 Å². The summed E-state index contributed by atoms with van der Waals surface area (Å²) >= 11 is 0. The number of aliphatic hydroxyl groups is 1. The van der Waals surface area contributed by atoms with Gasteiger partial charge in [-0.25, -0.2) is 36.7 Å². The molecule has 314 valence electrons. The van der Waals surface area contributed by atoms with E-state index < -0.39 is 101 Å². The number of β-amino-alcohol motifs (C(OH)–C–C–N with tert-alkyl or cyclic N) is 1. The normalized spacial score (nSPS) is 27.2. The highest BCUT2D eigenvalue weighted by Gasteiger charge is 2.50. The van der Waals surface area contributed by atoms with Gasteiger partial charge in [-0.05, 0) is 103 Å². The molecule has 0 aromatic heterocycles. The minimum Gasteiger partial charge on any atom is -0.444 e. The van der Waals surface area contributed by atoms with Crippen molar-refractivity contribution >= 4 is 24.4 Å². The van der Waals surface area contributed by atoms with E-state index in [-0.39, 0.29) is 31.9 Å². The number of rotatable bonds is 7. The molecule has 2 aromatic rings. The van der Waals surface area contributed by atoms with Crippen LogP contribution in [0, 0.1) is 23.3 Å². The van der Waals surface area contributed by atoms with Gasteiger partial charge in [-0.3, -0.25) is 9.80 Å². The molecule has 2 aromatic carbocycles. The Bertz CT molecular complexity index is 1770. The van der Waals surface area contributed by atoms with Crippen LogP contribution in [-0.4, -0.2) is 119 Å². The number of likely N-dealkylation sites (tertiary alicyclic amines) is 2. The Balaban J connectivity index is 0.000000218. The quantitative estimate of drug-likeness (QED) is 0.245. The van der Waals surface area contributed by atoms with Gasteiger partial charge in [0.2, 0.25) is 0 Å². The van der Waals surface area contributed by atoms with E-state index in [4.69, 9.17) is 23.7 Å². The third-order valence-electron chi connectivity index (χ3n) is 9.62. The number of nitrogens with one attached hydrogen (secondary N) is 2. The van der Waals surface area contributed by atoms with Crippen LogP contribution in [0.25, 0.3) is 0 Å². The van der Waals surface area contributed by atoms with Crippen molar-refractivity contribution in [2.24, 2.45) is 0 Å². The molecule has 0 radical (unpaired) electrons. The second-order valence-electron chi connectivity index (χ2n) is 16.6. The highest BCUT2D eigenvalue weighted by atomic mass is 19.1. The van der Waals surface area contributed by atoms with Crippen LogP contribution in [0.1, 0.15) is 65.5 Å². The van der Waals surface area contributed by atoms with E-state index in [1.807, 2.05) is 0 Å². The number of carbonyl (C=O) groups excluding carboxylic acids is 4. The summed E-state index contributed by atoms with van der Waals surface area (Å²) in [6.45, 7) is 10.8. The zero-order valence-electron chi connectivity index (χ0n) is 32.9. The first-order chi connectivity index (χ1) is 26.6. The number of halogens is 4. The molecule has 0 bridgehead atoms. The lowest BCUT2D eigenvalue weighted by Gasteiger charge is -2.32. The maximum atomic E-state index is 13.6. The van der Waals surface area contributed by atoms with Crippen molar-refractivity contribution in [3.05, 3.63) is 70.8 Å². The van der Waals surface area contributed by atoms with Crippen LogP contribution >= 0.6 is 0 Å². The number of ether oxygens (including phenoxy) is 5. The fourth-order valence-corrected chi connectivity index (χ4v) is 7.46. The number of amides is 4. The maximum absolute atomic E-state index is 13.6. The summed E-state index contributed by atoms with van der Waals surface area (Å²) < 4.78 is 81.2. The number of nitrogens with zero attached hydrogens (tertiary/aromatic N) is 2. The predicted molar refractivity (Wildman–Crippen MR) is 194 cm³/mol. The molecule has 6 rings (SSSR count). The molecule has 4 saturated heterocycles.